The van der Waals surface area contributed by atoms with Gasteiger partial charge in [0.15, 0.2) is 43.7 Å². The van der Waals surface area contributed by atoms with E-state index in [-0.39, 0.29) is 0 Å². The summed E-state index contributed by atoms with van der Waals surface area (Å²) in [4.78, 5) is 24.9. The molecular formula is C34H57NO35S4. The molecule has 36 nitrogen and oxygen atoms in total. The van der Waals surface area contributed by atoms with Crippen LogP contribution in [0.2, 0.25) is 0 Å². The largest absolute Gasteiger partial charge is 0.479 e. The van der Waals surface area contributed by atoms with Gasteiger partial charge in [-0.2, -0.15) is 33.7 Å². The van der Waals surface area contributed by atoms with Crippen LogP contribution >= 0.6 is 0 Å². The smallest absolute Gasteiger partial charge is 0.397 e. The molecule has 5 aliphatic heterocycles. The Kier molecular flexibility index (Phi) is 21.1. The Labute approximate surface area is 420 Å². The zero-order valence-electron chi connectivity index (χ0n) is 38.9. The molecule has 0 saturated carbocycles. The lowest BCUT2D eigenvalue weighted by molar-refractivity contribution is -0.378. The molecule has 5 heterocycles. The Bertz CT molecular complexity index is 2350. The maximum atomic E-state index is 12.6. The minimum Gasteiger partial charge on any atom is -0.479 e. The lowest BCUT2D eigenvalue weighted by Crippen LogP contribution is -2.66. The summed E-state index contributed by atoms with van der Waals surface area (Å²) in [5.41, 5.74) is 0. The van der Waals surface area contributed by atoms with Crippen LogP contribution in [0.5, 0.6) is 0 Å². The predicted octanol–water partition coefficient (Wildman–Crippen LogP) is -6.04. The van der Waals surface area contributed by atoms with Gasteiger partial charge in [0.1, 0.15) is 61.0 Å². The van der Waals surface area contributed by atoms with Crippen molar-refractivity contribution in [2.45, 2.75) is 157 Å². The molecule has 0 aromatic heterocycles. The number of nitroso groups, excluding NO2 is 1. The Morgan fingerprint density at radius 1 is 0.459 bits per heavy atom. The number of carboxylic acid groups (broad SMARTS) is 1. The molecule has 432 valence electrons. The van der Waals surface area contributed by atoms with Gasteiger partial charge in [-0.15, -0.1) is 4.91 Å². The third-order valence-electron chi connectivity index (χ3n) is 12.6. The highest BCUT2D eigenvalue weighted by molar-refractivity contribution is 7.81. The van der Waals surface area contributed by atoms with E-state index in [4.69, 9.17) is 51.9 Å². The van der Waals surface area contributed by atoms with Gasteiger partial charge in [0.2, 0.25) is 6.23 Å². The molecule has 10 unspecified atom stereocenters. The van der Waals surface area contributed by atoms with E-state index >= 15 is 0 Å². The first kappa shape index (κ1) is 62.7. The van der Waals surface area contributed by atoms with Crippen molar-refractivity contribution in [1.82, 2.24) is 0 Å². The minimum absolute atomic E-state index is 1.05. The van der Waals surface area contributed by atoms with E-state index in [0.29, 0.717) is 0 Å². The van der Waals surface area contributed by atoms with E-state index in [1.54, 1.807) is 0 Å². The monoisotopic (exact) mass is 1170 g/mol. The van der Waals surface area contributed by atoms with Crippen LogP contribution < -0.4 is 0 Å². The number of hydrogen-bond donors (Lipinski definition) is 11. The van der Waals surface area contributed by atoms with Crippen molar-refractivity contribution in [2.24, 2.45) is 28.8 Å². The summed E-state index contributed by atoms with van der Waals surface area (Å²) in [5, 5.41) is 79.2. The lowest BCUT2D eigenvalue weighted by Gasteiger charge is -2.50. The molecule has 0 aliphatic carbocycles. The molecule has 0 aromatic carbocycles. The van der Waals surface area contributed by atoms with Gasteiger partial charge in [-0.1, -0.05) is 27.7 Å². The van der Waals surface area contributed by atoms with Crippen molar-refractivity contribution >= 4 is 47.6 Å². The summed E-state index contributed by atoms with van der Waals surface area (Å²) in [7, 11) is -20.1. The molecule has 5 rings (SSSR count). The summed E-state index contributed by atoms with van der Waals surface area (Å²) >= 11 is 0. The summed E-state index contributed by atoms with van der Waals surface area (Å²) in [5.74, 6) is -6.50. The van der Waals surface area contributed by atoms with E-state index in [1.807, 2.05) is 0 Å². The molecule has 0 spiro atoms. The van der Waals surface area contributed by atoms with Crippen LogP contribution in [-0.2, 0) is 110 Å². The zero-order chi connectivity index (χ0) is 55.7. The van der Waals surface area contributed by atoms with Gasteiger partial charge in [0.25, 0.3) is 0 Å². The molecule has 5 fully saturated rings. The van der Waals surface area contributed by atoms with Gasteiger partial charge < -0.3 is 83.1 Å². The normalized spacial score (nSPS) is 43.9. The third-order valence-corrected chi connectivity index (χ3v) is 14.4. The lowest BCUT2D eigenvalue weighted by atomic mass is 9.84. The topological polar surface area (TPSA) is 535 Å². The molecule has 25 atom stereocenters. The van der Waals surface area contributed by atoms with Crippen LogP contribution in [0.1, 0.15) is 27.7 Å². The van der Waals surface area contributed by atoms with Crippen LogP contribution in [0, 0.1) is 28.6 Å². The number of aliphatic hydroxyl groups excluding tert-OH is 6. The second-order valence-corrected chi connectivity index (χ2v) is 21.9. The number of carboxylic acids is 1. The van der Waals surface area contributed by atoms with Crippen LogP contribution in [-0.4, -0.2) is 250 Å². The number of aliphatic hydroxyl groups is 6. The molecule has 11 N–H and O–H groups in total. The molecule has 0 bridgehead atoms. The second kappa shape index (κ2) is 24.9. The molecule has 74 heavy (non-hydrogen) atoms. The number of hydrogen-bond acceptors (Lipinski definition) is 31. The molecular weight excluding hydrogens is 1110 g/mol. The third kappa shape index (κ3) is 15.8. The predicted molar refractivity (Wildman–Crippen MR) is 225 cm³/mol. The minimum atomic E-state index is -5.64. The van der Waals surface area contributed by atoms with Crippen molar-refractivity contribution in [3.63, 3.8) is 0 Å². The maximum absolute atomic E-state index is 12.6. The van der Waals surface area contributed by atoms with Crippen LogP contribution in [0.3, 0.4) is 0 Å². The average molecular weight is 1170 g/mol. The van der Waals surface area contributed by atoms with E-state index in [9.17, 15) is 92.8 Å². The van der Waals surface area contributed by atoms with Crippen molar-refractivity contribution in [1.29, 1.82) is 0 Å². The highest BCUT2D eigenvalue weighted by Gasteiger charge is 2.58. The van der Waals surface area contributed by atoms with Crippen molar-refractivity contribution in [3.8, 4) is 0 Å². The number of aliphatic carboxylic acids is 1. The molecule has 0 aromatic rings. The quantitative estimate of drug-likeness (QED) is 0.0355. The molecule has 0 amide bonds. The van der Waals surface area contributed by atoms with Gasteiger partial charge in [0, 0.05) is 24.9 Å². The standard InChI is InChI=1S/C34H57NO35S4/c1-9-10(2)31(67-25-21(41)26(70-74(54,55)56)34(69-28(25)35-44)65-23-15(8-60-73(51,52)53)62-30(57-5)12(4)17(23)37)63-14(7-59-72(48,49)50)22(9)64-33-20(40)19(39)24(27(68-33)29(42)43)66-32-11(3)16(36)18(38)13(61-32)6-58-71(45,46)47/h9-28,30-34,36-41H,6-8H2,1-5H3,(H,42,43)(H,45,46,47)(H,48,49,50)(H,51,52,53)(H,54,55,56)/t9-,10?,11?,12?,13?,14?,15?,16-,17-,18-,19-,20?,21?,22+,23-,24+,25+,26?,27?,28-,30+,31-,32-,33-,34-/m1/s1. The van der Waals surface area contributed by atoms with E-state index in [0.717, 1.165) is 7.11 Å². The Balaban J connectivity index is 1.38. The van der Waals surface area contributed by atoms with Gasteiger partial charge in [-0.25, -0.2) is 21.5 Å². The van der Waals surface area contributed by atoms with Gasteiger partial charge in [0.05, 0.1) is 38.1 Å². The average Bonchev–Trinajstić information content (AvgIpc) is 3.29. The fourth-order valence-electron chi connectivity index (χ4n) is 8.52. The van der Waals surface area contributed by atoms with Crippen LogP contribution in [0.4, 0.5) is 0 Å². The van der Waals surface area contributed by atoms with E-state index < -0.39 is 220 Å². The van der Waals surface area contributed by atoms with Crippen molar-refractivity contribution in [3.05, 3.63) is 4.91 Å². The number of ether oxygens (including phenoxy) is 10. The summed E-state index contributed by atoms with van der Waals surface area (Å²) < 4.78 is 204. The van der Waals surface area contributed by atoms with Gasteiger partial charge in [-0.3, -0.25) is 18.2 Å². The highest BCUT2D eigenvalue weighted by atomic mass is 32.3. The number of nitrogens with zero attached hydrogens (tertiary/aromatic N) is 1. The SMILES string of the molecule is CO[C@H]1OC(COS(=O)(=O)O)[C@@H](O[C@@H]2O[C@@H](N=O)[C@@H](O[C@H]3OC(COS(=O)(=O)O)[C@@H](O[C@@H]4OC(C(=O)O)[C@@H](O[C@H]5OC(COS(=O)(=O)O)[C@@H](O)[C@H](O)C5C)[C@H](O)C4O)[C@H](C)C3C)C(O)C2OS(=O)(=O)O)[C@H](O)C1C. The van der Waals surface area contributed by atoms with Gasteiger partial charge in [-0.05, 0) is 11.1 Å². The highest BCUT2D eigenvalue weighted by Crippen LogP contribution is 2.41. The molecule has 40 heteroatoms. The molecule has 5 aliphatic rings. The number of carbonyl (C=O) groups is 1. The van der Waals surface area contributed by atoms with E-state index in [1.165, 1.54) is 27.7 Å². The Morgan fingerprint density at radius 2 is 0.919 bits per heavy atom. The fourth-order valence-corrected chi connectivity index (χ4v) is 9.93. The number of methoxy groups -OCH3 is 1. The summed E-state index contributed by atoms with van der Waals surface area (Å²) in [6.07, 6.45) is -42.4. The second-order valence-electron chi connectivity index (χ2n) is 17.5. The number of rotatable bonds is 22. The first-order valence-electron chi connectivity index (χ1n) is 21.6. The first-order valence-corrected chi connectivity index (χ1v) is 27.1. The Morgan fingerprint density at radius 3 is 1.43 bits per heavy atom. The van der Waals surface area contributed by atoms with Crippen molar-refractivity contribution in [2.75, 3.05) is 26.9 Å². The first-order chi connectivity index (χ1) is 34.1. The van der Waals surface area contributed by atoms with Crippen molar-refractivity contribution < 1.29 is 157 Å². The fraction of sp³-hybridized carbons (Fsp3) is 0.971. The maximum Gasteiger partial charge on any atom is 0.397 e. The molecule has 0 radical (unpaired) electrons. The summed E-state index contributed by atoms with van der Waals surface area (Å²) in [6, 6.07) is 0. The zero-order valence-corrected chi connectivity index (χ0v) is 42.1. The summed E-state index contributed by atoms with van der Waals surface area (Å²) in [6.45, 7) is 1.84. The van der Waals surface area contributed by atoms with Crippen LogP contribution in [0.25, 0.3) is 0 Å². The van der Waals surface area contributed by atoms with Crippen LogP contribution in [0.15, 0.2) is 5.18 Å². The van der Waals surface area contributed by atoms with Gasteiger partial charge >= 0.3 is 47.6 Å². The molecule has 5 saturated heterocycles. The van der Waals surface area contributed by atoms with E-state index in [2.05, 4.69) is 21.9 Å². The Hall–Kier alpha value is -2.09.